The molecule has 2 saturated heterocycles. The highest BCUT2D eigenvalue weighted by Crippen LogP contribution is 2.36. The number of carbonyl (C=O) groups is 2. The van der Waals surface area contributed by atoms with Gasteiger partial charge in [0, 0.05) is 39.1 Å². The number of ketones is 1. The van der Waals surface area contributed by atoms with Crippen molar-refractivity contribution in [3.63, 3.8) is 0 Å². The van der Waals surface area contributed by atoms with E-state index < -0.39 is 41.2 Å². The van der Waals surface area contributed by atoms with Gasteiger partial charge in [-0.3, -0.25) is 9.59 Å². The van der Waals surface area contributed by atoms with Gasteiger partial charge in [-0.05, 0) is 55.4 Å². The van der Waals surface area contributed by atoms with Gasteiger partial charge in [-0.15, -0.1) is 0 Å². The topological polar surface area (TPSA) is 72.6 Å². The summed E-state index contributed by atoms with van der Waals surface area (Å²) in [6, 6.07) is 1.22. The molecule has 11 heteroatoms. The molecule has 0 aromatic heterocycles. The lowest BCUT2D eigenvalue weighted by Gasteiger charge is -2.39. The van der Waals surface area contributed by atoms with Crippen molar-refractivity contribution in [3.05, 3.63) is 34.9 Å². The number of piperidine rings is 1. The summed E-state index contributed by atoms with van der Waals surface area (Å²) in [5.41, 5.74) is 2.09. The van der Waals surface area contributed by atoms with E-state index in [4.69, 9.17) is 10.5 Å². The lowest BCUT2D eigenvalue weighted by Crippen LogP contribution is -2.59. The molecule has 2 aliphatic heterocycles. The third kappa shape index (κ3) is 6.47. The second-order valence-electron chi connectivity index (χ2n) is 8.84. The number of nitrogens with zero attached hydrogens (tertiary/aromatic N) is 1. The molecule has 2 heterocycles. The third-order valence-corrected chi connectivity index (χ3v) is 6.28. The van der Waals surface area contributed by atoms with E-state index in [2.05, 4.69) is 0 Å². The summed E-state index contributed by atoms with van der Waals surface area (Å²) in [7, 11) is 0. The van der Waals surface area contributed by atoms with E-state index in [1.807, 2.05) is 0 Å². The number of Topliss-reactive ketones (excluding diaryl/α,β-unsaturated/α-hetero) is 1. The molecule has 33 heavy (non-hydrogen) atoms. The first-order valence-electron chi connectivity index (χ1n) is 10.7. The first-order valence-corrected chi connectivity index (χ1v) is 10.7. The summed E-state index contributed by atoms with van der Waals surface area (Å²) in [5, 5.41) is 0. The molecule has 0 radical (unpaired) electrons. The minimum absolute atomic E-state index is 0.0290. The number of halogens is 6. The van der Waals surface area contributed by atoms with E-state index in [9.17, 15) is 35.9 Å². The molecule has 0 atom stereocenters. The molecular weight excluding hydrogens is 454 g/mol. The average molecular weight is 480 g/mol. The number of amides is 1. The number of alkyl halides is 6. The number of benzene rings is 1. The van der Waals surface area contributed by atoms with Crippen LogP contribution in [0.15, 0.2) is 18.2 Å². The second-order valence-corrected chi connectivity index (χ2v) is 8.84. The molecule has 2 fully saturated rings. The van der Waals surface area contributed by atoms with E-state index in [1.165, 1.54) is 0 Å². The Morgan fingerprint density at radius 3 is 1.97 bits per heavy atom. The van der Waals surface area contributed by atoms with Crippen molar-refractivity contribution >= 4 is 11.7 Å². The molecule has 1 amide bonds. The van der Waals surface area contributed by atoms with Gasteiger partial charge in [0.05, 0.1) is 16.7 Å². The smallest absolute Gasteiger partial charge is 0.381 e. The molecular formula is C22H26F6N2O3. The van der Waals surface area contributed by atoms with Gasteiger partial charge in [-0.2, -0.15) is 26.3 Å². The highest BCUT2D eigenvalue weighted by atomic mass is 19.4. The molecule has 2 N–H and O–H groups in total. The predicted molar refractivity (Wildman–Crippen MR) is 106 cm³/mol. The molecule has 1 aromatic rings. The maximum Gasteiger partial charge on any atom is 0.416 e. The number of hydrogen-bond donors (Lipinski definition) is 1. The molecule has 0 aliphatic carbocycles. The zero-order valence-corrected chi connectivity index (χ0v) is 17.9. The number of ether oxygens (including phenoxy) is 1. The van der Waals surface area contributed by atoms with Crippen LogP contribution in [0.4, 0.5) is 26.3 Å². The van der Waals surface area contributed by atoms with Crippen LogP contribution >= 0.6 is 0 Å². The highest BCUT2D eigenvalue weighted by Gasteiger charge is 2.40. The molecule has 0 saturated carbocycles. The maximum absolute atomic E-state index is 13.0. The van der Waals surface area contributed by atoms with E-state index in [-0.39, 0.29) is 29.9 Å². The fraction of sp³-hybridized carbons (Fsp3) is 0.636. The Kier molecular flexibility index (Phi) is 7.42. The van der Waals surface area contributed by atoms with E-state index in [1.54, 1.807) is 4.90 Å². The van der Waals surface area contributed by atoms with Crippen LogP contribution in [-0.2, 0) is 33.1 Å². The van der Waals surface area contributed by atoms with Crippen LogP contribution in [-0.4, -0.2) is 48.4 Å². The van der Waals surface area contributed by atoms with Crippen LogP contribution < -0.4 is 5.73 Å². The van der Waals surface area contributed by atoms with Gasteiger partial charge in [0.1, 0.15) is 5.78 Å². The predicted octanol–water partition coefficient (Wildman–Crippen LogP) is 3.97. The van der Waals surface area contributed by atoms with Crippen molar-refractivity contribution in [1.82, 2.24) is 4.90 Å². The summed E-state index contributed by atoms with van der Waals surface area (Å²) < 4.78 is 83.3. The average Bonchev–Trinajstić information content (AvgIpc) is 2.73. The SMILES string of the molecule is NC1(C(=O)N2CCC(CC(=O)Cc3cc(C(F)(F)F)cc(C(F)(F)F)c3)CC2)CCOCC1. The van der Waals surface area contributed by atoms with Crippen LogP contribution in [0.5, 0.6) is 0 Å². The molecule has 3 rings (SSSR count). The van der Waals surface area contributed by atoms with Crippen LogP contribution in [0.1, 0.15) is 48.8 Å². The molecule has 5 nitrogen and oxygen atoms in total. The number of hydrogen-bond acceptors (Lipinski definition) is 4. The lowest BCUT2D eigenvalue weighted by molar-refractivity contribution is -0.144. The number of likely N-dealkylation sites (tertiary alicyclic amines) is 1. The van der Waals surface area contributed by atoms with E-state index in [0.29, 0.717) is 64.1 Å². The quantitative estimate of drug-likeness (QED) is 0.648. The Hall–Kier alpha value is -2.14. The Balaban J connectivity index is 1.58. The van der Waals surface area contributed by atoms with Crippen molar-refractivity contribution in [3.8, 4) is 0 Å². The van der Waals surface area contributed by atoms with E-state index >= 15 is 0 Å². The standard InChI is InChI=1S/C22H26F6N2O3/c23-21(24,25)16-9-15(10-17(13-16)22(26,27)28)12-18(31)11-14-1-5-30(6-2-14)19(32)20(29)3-7-33-8-4-20/h9-10,13-14H,1-8,11-12,29H2. The number of rotatable bonds is 5. The molecule has 1 aromatic carbocycles. The molecule has 0 bridgehead atoms. The molecule has 0 spiro atoms. The third-order valence-electron chi connectivity index (χ3n) is 6.28. The van der Waals surface area contributed by atoms with Crippen LogP contribution in [0.2, 0.25) is 0 Å². The van der Waals surface area contributed by atoms with Gasteiger partial charge in [0.15, 0.2) is 0 Å². The monoisotopic (exact) mass is 480 g/mol. The van der Waals surface area contributed by atoms with Gasteiger partial charge >= 0.3 is 12.4 Å². The largest absolute Gasteiger partial charge is 0.416 e. The van der Waals surface area contributed by atoms with E-state index in [0.717, 1.165) is 0 Å². The Labute approximate surface area is 187 Å². The summed E-state index contributed by atoms with van der Waals surface area (Å²) in [5.74, 6) is -0.691. The first-order chi connectivity index (χ1) is 15.3. The lowest BCUT2D eigenvalue weighted by atomic mass is 9.86. The highest BCUT2D eigenvalue weighted by molar-refractivity contribution is 5.86. The summed E-state index contributed by atoms with van der Waals surface area (Å²) in [4.78, 5) is 26.9. The zero-order valence-electron chi connectivity index (χ0n) is 17.9. The number of carbonyl (C=O) groups excluding carboxylic acids is 2. The fourth-order valence-electron chi connectivity index (χ4n) is 4.35. The fourth-order valence-corrected chi connectivity index (χ4v) is 4.35. The van der Waals surface area contributed by atoms with Crippen molar-refractivity contribution in [2.45, 2.75) is 56.4 Å². The first kappa shape index (κ1) is 25.5. The Morgan fingerprint density at radius 2 is 1.48 bits per heavy atom. The maximum atomic E-state index is 13.0. The summed E-state index contributed by atoms with van der Waals surface area (Å²) in [6.07, 6.45) is -8.50. The summed E-state index contributed by atoms with van der Waals surface area (Å²) in [6.45, 7) is 1.63. The normalized spacial score (nSPS) is 20.0. The van der Waals surface area contributed by atoms with Crippen molar-refractivity contribution in [2.75, 3.05) is 26.3 Å². The van der Waals surface area contributed by atoms with Crippen LogP contribution in [0.3, 0.4) is 0 Å². The molecule has 184 valence electrons. The number of nitrogens with two attached hydrogens (primary N) is 1. The van der Waals surface area contributed by atoms with Gasteiger partial charge < -0.3 is 15.4 Å². The van der Waals surface area contributed by atoms with Crippen LogP contribution in [0.25, 0.3) is 0 Å². The molecule has 0 unspecified atom stereocenters. The van der Waals surface area contributed by atoms with Crippen molar-refractivity contribution in [1.29, 1.82) is 0 Å². The summed E-state index contributed by atoms with van der Waals surface area (Å²) >= 11 is 0. The molecule has 2 aliphatic rings. The van der Waals surface area contributed by atoms with Gasteiger partial charge in [0.25, 0.3) is 0 Å². The van der Waals surface area contributed by atoms with Gasteiger partial charge in [-0.25, -0.2) is 0 Å². The zero-order chi connectivity index (χ0) is 24.4. The van der Waals surface area contributed by atoms with Crippen LogP contribution in [0, 0.1) is 5.92 Å². The minimum atomic E-state index is -4.96. The van der Waals surface area contributed by atoms with Gasteiger partial charge in [-0.1, -0.05) is 0 Å². The van der Waals surface area contributed by atoms with Gasteiger partial charge in [0.2, 0.25) is 5.91 Å². The second kappa shape index (κ2) is 9.61. The Bertz CT molecular complexity index is 838. The van der Waals surface area contributed by atoms with Crippen molar-refractivity contribution < 1.29 is 40.7 Å². The van der Waals surface area contributed by atoms with Crippen molar-refractivity contribution in [2.24, 2.45) is 11.7 Å². The minimum Gasteiger partial charge on any atom is -0.381 e. The Morgan fingerprint density at radius 1 is 0.970 bits per heavy atom.